The lowest BCUT2D eigenvalue weighted by Gasteiger charge is -2.23. The van der Waals surface area contributed by atoms with E-state index in [2.05, 4.69) is 4.98 Å². The Hall–Kier alpha value is -2.30. The molecule has 0 aliphatic carbocycles. The van der Waals surface area contributed by atoms with Gasteiger partial charge in [0.1, 0.15) is 17.6 Å². The van der Waals surface area contributed by atoms with E-state index in [1.807, 2.05) is 6.07 Å². The van der Waals surface area contributed by atoms with Crippen LogP contribution in [-0.2, 0) is 15.7 Å². The zero-order chi connectivity index (χ0) is 16.5. The standard InChI is InChI=1S/C14H14F3N3O2/c1-13(12(21)22-2)5-6-20(8-13)11-9(7-18)3-4-10(19-11)14(15,16)17/h3-4H,5-6,8H2,1-2H3. The number of halogens is 3. The number of hydrogen-bond donors (Lipinski definition) is 0. The average molecular weight is 313 g/mol. The van der Waals surface area contributed by atoms with Crippen molar-refractivity contribution >= 4 is 11.8 Å². The van der Waals surface area contributed by atoms with Crippen molar-refractivity contribution in [1.29, 1.82) is 5.26 Å². The molecule has 1 aromatic rings. The molecule has 1 saturated heterocycles. The third kappa shape index (κ3) is 2.84. The zero-order valence-corrected chi connectivity index (χ0v) is 12.1. The molecule has 2 rings (SSSR count). The molecule has 0 amide bonds. The zero-order valence-electron chi connectivity index (χ0n) is 12.1. The Morgan fingerprint density at radius 1 is 1.50 bits per heavy atom. The first-order chi connectivity index (χ1) is 10.2. The number of hydrogen-bond acceptors (Lipinski definition) is 5. The number of esters is 1. The van der Waals surface area contributed by atoms with Gasteiger partial charge in [0.25, 0.3) is 0 Å². The Morgan fingerprint density at radius 3 is 2.73 bits per heavy atom. The van der Waals surface area contributed by atoms with Crippen molar-refractivity contribution < 1.29 is 22.7 Å². The number of aromatic nitrogens is 1. The number of ether oxygens (including phenoxy) is 1. The molecule has 2 heterocycles. The molecule has 1 fully saturated rings. The summed E-state index contributed by atoms with van der Waals surface area (Å²) >= 11 is 0. The lowest BCUT2D eigenvalue weighted by atomic mass is 9.90. The summed E-state index contributed by atoms with van der Waals surface area (Å²) in [5.41, 5.74) is -1.84. The van der Waals surface area contributed by atoms with Gasteiger partial charge in [0.2, 0.25) is 0 Å². The summed E-state index contributed by atoms with van der Waals surface area (Å²) in [4.78, 5) is 16.9. The molecule has 0 spiro atoms. The highest BCUT2D eigenvalue weighted by molar-refractivity contribution is 5.78. The maximum absolute atomic E-state index is 12.8. The van der Waals surface area contributed by atoms with Crippen LogP contribution < -0.4 is 4.90 Å². The first-order valence-corrected chi connectivity index (χ1v) is 6.53. The number of carbonyl (C=O) groups is 1. The van der Waals surface area contributed by atoms with Gasteiger partial charge in [0.15, 0.2) is 0 Å². The molecule has 8 heteroatoms. The molecule has 1 aliphatic heterocycles. The Bertz CT molecular complexity index is 639. The SMILES string of the molecule is COC(=O)C1(C)CCN(c2nc(C(F)(F)F)ccc2C#N)C1. The summed E-state index contributed by atoms with van der Waals surface area (Å²) in [5.74, 6) is -0.481. The lowest BCUT2D eigenvalue weighted by Crippen LogP contribution is -2.33. The van der Waals surface area contributed by atoms with Crippen LogP contribution in [0.2, 0.25) is 0 Å². The largest absolute Gasteiger partial charge is 0.469 e. The van der Waals surface area contributed by atoms with Crippen LogP contribution in [-0.4, -0.2) is 31.2 Å². The topological polar surface area (TPSA) is 66.2 Å². The van der Waals surface area contributed by atoms with Crippen LogP contribution in [0, 0.1) is 16.7 Å². The number of nitrogens with zero attached hydrogens (tertiary/aromatic N) is 3. The van der Waals surface area contributed by atoms with Crippen molar-refractivity contribution in [3.8, 4) is 6.07 Å². The van der Waals surface area contributed by atoms with Crippen molar-refractivity contribution in [2.75, 3.05) is 25.1 Å². The summed E-state index contributed by atoms with van der Waals surface area (Å²) in [6, 6.07) is 3.71. The molecule has 0 aromatic carbocycles. The molecular formula is C14H14F3N3O2. The number of rotatable bonds is 2. The quantitative estimate of drug-likeness (QED) is 0.784. The second kappa shape index (κ2) is 5.48. The molecule has 1 atom stereocenters. The number of anilines is 1. The Kier molecular flexibility index (Phi) is 4.00. The fourth-order valence-electron chi connectivity index (χ4n) is 2.49. The van der Waals surface area contributed by atoms with E-state index in [1.165, 1.54) is 12.0 Å². The minimum atomic E-state index is -4.59. The number of carbonyl (C=O) groups excluding carboxylic acids is 1. The van der Waals surface area contributed by atoms with Crippen LogP contribution in [0.15, 0.2) is 12.1 Å². The Labute approximate surface area is 125 Å². The van der Waals surface area contributed by atoms with E-state index in [1.54, 1.807) is 6.92 Å². The fraction of sp³-hybridized carbons (Fsp3) is 0.500. The highest BCUT2D eigenvalue weighted by Crippen LogP contribution is 2.36. The van der Waals surface area contributed by atoms with E-state index >= 15 is 0 Å². The third-order valence-corrected chi connectivity index (χ3v) is 3.74. The van der Waals surface area contributed by atoms with E-state index < -0.39 is 23.3 Å². The highest BCUT2D eigenvalue weighted by atomic mass is 19.4. The molecule has 0 radical (unpaired) electrons. The van der Waals surface area contributed by atoms with E-state index in [-0.39, 0.29) is 17.9 Å². The monoisotopic (exact) mass is 313 g/mol. The summed E-state index contributed by atoms with van der Waals surface area (Å²) in [5, 5.41) is 9.07. The van der Waals surface area contributed by atoms with Gasteiger partial charge in [0, 0.05) is 13.1 Å². The van der Waals surface area contributed by atoms with Crippen molar-refractivity contribution in [1.82, 2.24) is 4.98 Å². The van der Waals surface area contributed by atoms with Crippen LogP contribution in [0.3, 0.4) is 0 Å². The van der Waals surface area contributed by atoms with Gasteiger partial charge in [-0.1, -0.05) is 0 Å². The summed E-state index contributed by atoms with van der Waals surface area (Å²) < 4.78 is 43.1. The predicted molar refractivity (Wildman–Crippen MR) is 70.9 cm³/mol. The first-order valence-electron chi connectivity index (χ1n) is 6.53. The van der Waals surface area contributed by atoms with Gasteiger partial charge in [-0.3, -0.25) is 4.79 Å². The van der Waals surface area contributed by atoms with Crippen LogP contribution in [0.5, 0.6) is 0 Å². The van der Waals surface area contributed by atoms with Gasteiger partial charge in [-0.25, -0.2) is 4.98 Å². The van der Waals surface area contributed by atoms with Gasteiger partial charge in [0.05, 0.1) is 18.1 Å². The maximum Gasteiger partial charge on any atom is 0.433 e. The summed E-state index contributed by atoms with van der Waals surface area (Å²) in [6.07, 6.45) is -4.17. The molecular weight excluding hydrogens is 299 g/mol. The van der Waals surface area contributed by atoms with Crippen molar-refractivity contribution in [3.63, 3.8) is 0 Å². The van der Waals surface area contributed by atoms with Gasteiger partial charge in [-0.2, -0.15) is 18.4 Å². The van der Waals surface area contributed by atoms with Crippen molar-refractivity contribution in [2.45, 2.75) is 19.5 Å². The predicted octanol–water partition coefficient (Wildman–Crippen LogP) is 2.36. The Balaban J connectivity index is 2.37. The molecule has 5 nitrogen and oxygen atoms in total. The molecule has 0 bridgehead atoms. The van der Waals surface area contributed by atoms with Gasteiger partial charge in [-0.05, 0) is 25.5 Å². The van der Waals surface area contributed by atoms with Crippen LogP contribution in [0.25, 0.3) is 0 Å². The van der Waals surface area contributed by atoms with Crippen molar-refractivity contribution in [2.24, 2.45) is 5.41 Å². The lowest BCUT2D eigenvalue weighted by molar-refractivity contribution is -0.150. The number of methoxy groups -OCH3 is 1. The fourth-order valence-corrected chi connectivity index (χ4v) is 2.49. The van der Waals surface area contributed by atoms with E-state index in [0.717, 1.165) is 12.1 Å². The Morgan fingerprint density at radius 2 is 2.18 bits per heavy atom. The van der Waals surface area contributed by atoms with Gasteiger partial charge < -0.3 is 9.64 Å². The first kappa shape index (κ1) is 16.1. The number of pyridine rings is 1. The summed E-state index contributed by atoms with van der Waals surface area (Å²) in [6.45, 7) is 2.16. The minimum absolute atomic E-state index is 0.0436. The molecule has 0 saturated carbocycles. The smallest absolute Gasteiger partial charge is 0.433 e. The van der Waals surface area contributed by atoms with Crippen LogP contribution >= 0.6 is 0 Å². The van der Waals surface area contributed by atoms with Gasteiger partial charge >= 0.3 is 12.1 Å². The van der Waals surface area contributed by atoms with Crippen LogP contribution in [0.1, 0.15) is 24.6 Å². The molecule has 1 unspecified atom stereocenters. The third-order valence-electron chi connectivity index (χ3n) is 3.74. The minimum Gasteiger partial charge on any atom is -0.469 e. The summed E-state index contributed by atoms with van der Waals surface area (Å²) in [7, 11) is 1.26. The van der Waals surface area contributed by atoms with Gasteiger partial charge in [-0.15, -0.1) is 0 Å². The molecule has 1 aromatic heterocycles. The van der Waals surface area contributed by atoms with E-state index in [4.69, 9.17) is 10.00 Å². The normalized spacial score (nSPS) is 21.5. The molecule has 22 heavy (non-hydrogen) atoms. The second-order valence-electron chi connectivity index (χ2n) is 5.40. The second-order valence-corrected chi connectivity index (χ2v) is 5.40. The molecule has 118 valence electrons. The maximum atomic E-state index is 12.8. The highest BCUT2D eigenvalue weighted by Gasteiger charge is 2.43. The molecule has 1 aliphatic rings. The van der Waals surface area contributed by atoms with Crippen LogP contribution in [0.4, 0.5) is 19.0 Å². The average Bonchev–Trinajstić information content (AvgIpc) is 2.88. The number of alkyl halides is 3. The van der Waals surface area contributed by atoms with E-state index in [0.29, 0.717) is 13.0 Å². The van der Waals surface area contributed by atoms with E-state index in [9.17, 15) is 18.0 Å². The van der Waals surface area contributed by atoms with Crippen molar-refractivity contribution in [3.05, 3.63) is 23.4 Å². The number of nitriles is 1. The molecule has 0 N–H and O–H groups in total.